The fourth-order valence-electron chi connectivity index (χ4n) is 1.14. The number of aromatic amines is 1. The van der Waals surface area contributed by atoms with Gasteiger partial charge in [-0.05, 0) is 6.07 Å². The van der Waals surface area contributed by atoms with Crippen LogP contribution in [0.4, 0.5) is 0 Å². The molecule has 0 spiro atoms. The van der Waals surface area contributed by atoms with E-state index < -0.39 is 0 Å². The number of fused-ring (bicyclic) bond motifs is 1. The maximum absolute atomic E-state index is 11.4. The van der Waals surface area contributed by atoms with Crippen molar-refractivity contribution in [1.29, 1.82) is 0 Å². The van der Waals surface area contributed by atoms with Gasteiger partial charge in [-0.2, -0.15) is 0 Å². The smallest absolute Gasteiger partial charge is 0.278 e. The minimum absolute atomic E-state index is 0.190. The van der Waals surface area contributed by atoms with Crippen LogP contribution in [-0.4, -0.2) is 20.9 Å². The zero-order valence-corrected chi connectivity index (χ0v) is 9.48. The summed E-state index contributed by atoms with van der Waals surface area (Å²) in [6.07, 6.45) is 2.69. The van der Waals surface area contributed by atoms with Crippen LogP contribution in [0.25, 0.3) is 10.9 Å². The van der Waals surface area contributed by atoms with Crippen molar-refractivity contribution >= 4 is 39.7 Å². The van der Waals surface area contributed by atoms with Crippen molar-refractivity contribution in [3.8, 4) is 0 Å². The van der Waals surface area contributed by atoms with Gasteiger partial charge in [0.25, 0.3) is 11.5 Å². The van der Waals surface area contributed by atoms with Crippen LogP contribution in [0.3, 0.4) is 0 Å². The maximum Gasteiger partial charge on any atom is 0.278 e. The first kappa shape index (κ1) is 10.0. The number of pyridine rings is 1. The lowest BCUT2D eigenvalue weighted by atomic mass is 10.2. The van der Waals surface area contributed by atoms with Crippen molar-refractivity contribution in [2.45, 2.75) is 0 Å². The van der Waals surface area contributed by atoms with Crippen LogP contribution in [0.5, 0.6) is 0 Å². The quantitative estimate of drug-likeness (QED) is 0.589. The van der Waals surface area contributed by atoms with E-state index >= 15 is 0 Å². The first-order chi connectivity index (χ1) is 7.22. The molecule has 6 nitrogen and oxygen atoms in total. The van der Waals surface area contributed by atoms with Gasteiger partial charge in [-0.1, -0.05) is 0 Å². The molecule has 0 aliphatic carbocycles. The average Bonchev–Trinajstić information content (AvgIpc) is 2.28. The Balaban J connectivity index is 2.70. The third-order valence-corrected chi connectivity index (χ3v) is 2.34. The van der Waals surface area contributed by atoms with Gasteiger partial charge >= 0.3 is 0 Å². The Morgan fingerprint density at radius 3 is 3.00 bits per heavy atom. The van der Waals surface area contributed by atoms with Gasteiger partial charge in [-0.3, -0.25) is 13.1 Å². The number of carbonyl (C=O) groups excluding carboxylic acids is 1. The van der Waals surface area contributed by atoms with Crippen LogP contribution in [0.2, 0.25) is 0 Å². The van der Waals surface area contributed by atoms with Crippen molar-refractivity contribution < 1.29 is 4.79 Å². The molecule has 0 radical (unpaired) electrons. The lowest BCUT2D eigenvalue weighted by molar-refractivity contribution is 0.0985. The van der Waals surface area contributed by atoms with Crippen LogP contribution >= 0.6 is 22.9 Å². The van der Waals surface area contributed by atoms with E-state index in [-0.39, 0.29) is 17.2 Å². The van der Waals surface area contributed by atoms with E-state index in [0.29, 0.717) is 10.9 Å². The average molecular weight is 316 g/mol. The van der Waals surface area contributed by atoms with Gasteiger partial charge < -0.3 is 4.98 Å². The highest BCUT2D eigenvalue weighted by Gasteiger charge is 2.08. The Morgan fingerprint density at radius 2 is 2.27 bits per heavy atom. The Morgan fingerprint density at radius 1 is 1.47 bits per heavy atom. The van der Waals surface area contributed by atoms with E-state index in [1.165, 1.54) is 18.6 Å². The van der Waals surface area contributed by atoms with Crippen molar-refractivity contribution in [3.05, 3.63) is 34.6 Å². The number of halogens is 1. The third-order valence-electron chi connectivity index (χ3n) is 1.85. The Labute approximate surface area is 97.6 Å². The summed E-state index contributed by atoms with van der Waals surface area (Å²) in [6.45, 7) is 0. The van der Waals surface area contributed by atoms with Crippen molar-refractivity contribution in [3.63, 3.8) is 0 Å². The molecule has 0 bridgehead atoms. The first-order valence-electron chi connectivity index (χ1n) is 3.97. The first-order valence-corrected chi connectivity index (χ1v) is 5.04. The van der Waals surface area contributed by atoms with Crippen LogP contribution in [0.15, 0.2) is 23.4 Å². The molecule has 1 amide bonds. The van der Waals surface area contributed by atoms with Crippen LogP contribution < -0.4 is 9.09 Å². The summed E-state index contributed by atoms with van der Waals surface area (Å²) in [6, 6.07) is 1.41. The number of hydrogen-bond acceptors (Lipinski definition) is 4. The number of amides is 1. The van der Waals surface area contributed by atoms with Gasteiger partial charge in [0.1, 0.15) is 5.69 Å². The monoisotopic (exact) mass is 316 g/mol. The molecule has 2 aromatic rings. The zero-order chi connectivity index (χ0) is 10.8. The summed E-state index contributed by atoms with van der Waals surface area (Å²) < 4.78 is 2.40. The van der Waals surface area contributed by atoms with Crippen molar-refractivity contribution in [2.24, 2.45) is 0 Å². The predicted octanol–water partition coefficient (Wildman–Crippen LogP) is 0.398. The number of nitrogens with one attached hydrogen (secondary N) is 2. The number of rotatable bonds is 1. The highest BCUT2D eigenvalue weighted by molar-refractivity contribution is 14.1. The molecule has 0 aromatic carbocycles. The summed E-state index contributed by atoms with van der Waals surface area (Å²) in [4.78, 5) is 32.9. The number of carbonyl (C=O) groups is 1. The van der Waals surface area contributed by atoms with Crippen molar-refractivity contribution in [1.82, 2.24) is 18.5 Å². The standard InChI is InChI=1S/C8H5IN4O2/c9-13-8(15)5-1-4-6(2-10-5)11-3-12-7(4)14/h1-3H,(H,13,15)(H,11,12,14). The lowest BCUT2D eigenvalue weighted by Gasteiger charge is -1.98. The van der Waals surface area contributed by atoms with Crippen LogP contribution in [0, 0.1) is 0 Å². The molecule has 0 aliphatic rings. The molecular weight excluding hydrogens is 311 g/mol. The molecule has 7 heteroatoms. The highest BCUT2D eigenvalue weighted by atomic mass is 127. The lowest BCUT2D eigenvalue weighted by Crippen LogP contribution is -2.15. The van der Waals surface area contributed by atoms with Gasteiger partial charge in [0.15, 0.2) is 0 Å². The number of aromatic nitrogens is 3. The Hall–Kier alpha value is -1.51. The summed E-state index contributed by atoms with van der Waals surface area (Å²) in [5, 5.41) is 0.350. The Bertz CT molecular complexity index is 580. The van der Waals surface area contributed by atoms with E-state index in [9.17, 15) is 9.59 Å². The third kappa shape index (κ3) is 1.82. The van der Waals surface area contributed by atoms with Gasteiger partial charge in [-0.15, -0.1) is 0 Å². The number of H-pyrrole nitrogens is 1. The molecule has 0 aliphatic heterocycles. The number of nitrogens with zero attached hydrogens (tertiary/aromatic N) is 2. The fourth-order valence-corrected chi connectivity index (χ4v) is 1.42. The van der Waals surface area contributed by atoms with E-state index in [0.717, 1.165) is 0 Å². The fraction of sp³-hybridized carbons (Fsp3) is 0. The van der Waals surface area contributed by atoms with Gasteiger partial charge in [0.05, 0.1) is 46.3 Å². The molecule has 76 valence electrons. The summed E-state index contributed by atoms with van der Waals surface area (Å²) in [7, 11) is 0. The summed E-state index contributed by atoms with van der Waals surface area (Å²) >= 11 is 1.71. The van der Waals surface area contributed by atoms with Crippen molar-refractivity contribution in [2.75, 3.05) is 0 Å². The van der Waals surface area contributed by atoms with Crippen LogP contribution in [-0.2, 0) is 0 Å². The molecule has 0 fully saturated rings. The second kappa shape index (κ2) is 3.93. The largest absolute Gasteiger partial charge is 0.313 e. The second-order valence-corrected chi connectivity index (χ2v) is 3.28. The molecule has 0 saturated heterocycles. The molecule has 2 aromatic heterocycles. The van der Waals surface area contributed by atoms with Gasteiger partial charge in [0, 0.05) is 0 Å². The molecule has 2 heterocycles. The minimum atomic E-state index is -0.347. The Kier molecular flexibility index (Phi) is 2.62. The number of hydrogen-bond donors (Lipinski definition) is 2. The van der Waals surface area contributed by atoms with E-state index in [1.54, 1.807) is 22.9 Å². The zero-order valence-electron chi connectivity index (χ0n) is 7.32. The second-order valence-electron chi connectivity index (χ2n) is 2.74. The molecule has 0 atom stereocenters. The van der Waals surface area contributed by atoms with E-state index in [1.807, 2.05) is 0 Å². The van der Waals surface area contributed by atoms with E-state index in [2.05, 4.69) is 18.5 Å². The predicted molar refractivity (Wildman–Crippen MR) is 61.6 cm³/mol. The maximum atomic E-state index is 11.4. The normalized spacial score (nSPS) is 10.2. The van der Waals surface area contributed by atoms with Gasteiger partial charge in [-0.25, -0.2) is 9.97 Å². The van der Waals surface area contributed by atoms with E-state index in [4.69, 9.17) is 0 Å². The minimum Gasteiger partial charge on any atom is -0.313 e. The molecule has 15 heavy (non-hydrogen) atoms. The molecule has 2 N–H and O–H groups in total. The SMILES string of the molecule is O=C(NI)c1cc2c(=O)[nH]cnc2cn1. The topological polar surface area (TPSA) is 87.7 Å². The molecule has 0 saturated carbocycles. The highest BCUT2D eigenvalue weighted by Crippen LogP contribution is 2.06. The van der Waals surface area contributed by atoms with Gasteiger partial charge in [0.2, 0.25) is 0 Å². The molecular formula is C8H5IN4O2. The molecule has 0 unspecified atom stereocenters. The summed E-state index contributed by atoms with van der Waals surface area (Å²) in [5.74, 6) is -0.347. The van der Waals surface area contributed by atoms with Crippen LogP contribution in [0.1, 0.15) is 10.5 Å². The molecule has 2 rings (SSSR count). The summed E-state index contributed by atoms with van der Waals surface area (Å²) in [5.41, 5.74) is 0.365.